The Morgan fingerprint density at radius 1 is 1.19 bits per heavy atom. The number of hydrogen-bond donors (Lipinski definition) is 1. The third kappa shape index (κ3) is 4.15. The van der Waals surface area contributed by atoms with Crippen LogP contribution in [-0.2, 0) is 6.42 Å². The lowest BCUT2D eigenvalue weighted by Crippen LogP contribution is -2.19. The minimum atomic E-state index is 0.826. The minimum absolute atomic E-state index is 0.826. The zero-order valence-corrected chi connectivity index (χ0v) is 16.0. The van der Waals surface area contributed by atoms with Gasteiger partial charge in [0.05, 0.1) is 0 Å². The van der Waals surface area contributed by atoms with E-state index in [4.69, 9.17) is 0 Å². The van der Waals surface area contributed by atoms with Crippen molar-refractivity contribution in [1.82, 2.24) is 10.2 Å². The third-order valence-electron chi connectivity index (χ3n) is 4.62. The molecule has 0 saturated heterocycles. The first-order valence-corrected chi connectivity index (χ1v) is 8.78. The Morgan fingerprint density at radius 3 is 2.46 bits per heavy atom. The molecule has 0 spiro atoms. The molecular formula is C24H28N2. The zero-order chi connectivity index (χ0) is 19.1. The van der Waals surface area contributed by atoms with Gasteiger partial charge in [-0.3, -0.25) is 0 Å². The smallest absolute Gasteiger partial charge is 0.0366 e. The number of likely N-dealkylation sites (N-methyl/N-ethyl adjacent to an activating group) is 1. The van der Waals surface area contributed by atoms with E-state index in [2.05, 4.69) is 80.3 Å². The summed E-state index contributed by atoms with van der Waals surface area (Å²) in [6.45, 7) is 16.1. The summed E-state index contributed by atoms with van der Waals surface area (Å²) in [5, 5.41) is 3.15. The molecule has 2 nitrogen and oxygen atoms in total. The lowest BCUT2D eigenvalue weighted by molar-refractivity contribution is 0.568. The molecule has 0 saturated carbocycles. The molecule has 2 heteroatoms. The summed E-state index contributed by atoms with van der Waals surface area (Å²) in [6, 6.07) is 10.5. The van der Waals surface area contributed by atoms with Crippen molar-refractivity contribution in [3.05, 3.63) is 120 Å². The summed E-state index contributed by atoms with van der Waals surface area (Å²) in [5.74, 6) is 0. The van der Waals surface area contributed by atoms with Gasteiger partial charge in [-0.05, 0) is 54.3 Å². The predicted octanol–water partition coefficient (Wildman–Crippen LogP) is 5.64. The summed E-state index contributed by atoms with van der Waals surface area (Å²) < 4.78 is 0. The monoisotopic (exact) mass is 344 g/mol. The van der Waals surface area contributed by atoms with Crippen LogP contribution in [0.4, 0.5) is 0 Å². The van der Waals surface area contributed by atoms with Crippen molar-refractivity contribution in [2.45, 2.75) is 20.3 Å². The summed E-state index contributed by atoms with van der Waals surface area (Å²) >= 11 is 0. The van der Waals surface area contributed by atoms with E-state index in [0.717, 1.165) is 28.8 Å². The summed E-state index contributed by atoms with van der Waals surface area (Å²) in [4.78, 5) is 2.07. The molecule has 0 amide bonds. The van der Waals surface area contributed by atoms with Gasteiger partial charge in [-0.25, -0.2) is 0 Å². The van der Waals surface area contributed by atoms with Crippen LogP contribution in [-0.4, -0.2) is 11.9 Å². The van der Waals surface area contributed by atoms with Crippen LogP contribution in [0.5, 0.6) is 0 Å². The van der Waals surface area contributed by atoms with Gasteiger partial charge >= 0.3 is 0 Å². The lowest BCUT2D eigenvalue weighted by Gasteiger charge is -2.29. The summed E-state index contributed by atoms with van der Waals surface area (Å²) in [5.41, 5.74) is 8.06. The van der Waals surface area contributed by atoms with Gasteiger partial charge in [-0.15, -0.1) is 0 Å². The predicted molar refractivity (Wildman–Crippen MR) is 113 cm³/mol. The van der Waals surface area contributed by atoms with E-state index in [1.54, 1.807) is 6.20 Å². The van der Waals surface area contributed by atoms with Crippen LogP contribution in [0.1, 0.15) is 19.4 Å². The second kappa shape index (κ2) is 8.91. The molecular weight excluding hydrogens is 316 g/mol. The largest absolute Gasteiger partial charge is 0.368 e. The SMILES string of the molecule is C=CN/C=C(Cc1ccccc1)\C(=C/C)C1=CN(C)C(=C)C(C)=C1C=C. The van der Waals surface area contributed by atoms with Crippen LogP contribution < -0.4 is 5.32 Å². The molecule has 0 aromatic heterocycles. The minimum Gasteiger partial charge on any atom is -0.368 e. The maximum absolute atomic E-state index is 4.17. The fourth-order valence-corrected chi connectivity index (χ4v) is 3.15. The Labute approximate surface area is 157 Å². The highest BCUT2D eigenvalue weighted by molar-refractivity contribution is 5.64. The molecule has 2 rings (SSSR count). The van der Waals surface area contributed by atoms with Gasteiger partial charge < -0.3 is 10.2 Å². The van der Waals surface area contributed by atoms with Crippen LogP contribution in [0.2, 0.25) is 0 Å². The molecule has 1 aliphatic rings. The van der Waals surface area contributed by atoms with E-state index in [0.29, 0.717) is 0 Å². The molecule has 134 valence electrons. The van der Waals surface area contributed by atoms with Gasteiger partial charge in [0, 0.05) is 30.7 Å². The maximum Gasteiger partial charge on any atom is 0.0366 e. The average Bonchev–Trinajstić information content (AvgIpc) is 2.65. The van der Waals surface area contributed by atoms with Gasteiger partial charge in [0.2, 0.25) is 0 Å². The van der Waals surface area contributed by atoms with Crippen LogP contribution in [0.25, 0.3) is 0 Å². The average molecular weight is 345 g/mol. The first-order chi connectivity index (χ1) is 12.5. The molecule has 0 fully saturated rings. The Bertz CT molecular complexity index is 817. The number of nitrogens with zero attached hydrogens (tertiary/aromatic N) is 1. The Morgan fingerprint density at radius 2 is 1.88 bits per heavy atom. The number of nitrogens with one attached hydrogen (secondary N) is 1. The highest BCUT2D eigenvalue weighted by atomic mass is 15.1. The number of hydrogen-bond acceptors (Lipinski definition) is 2. The van der Waals surface area contributed by atoms with E-state index >= 15 is 0 Å². The van der Waals surface area contributed by atoms with Crippen molar-refractivity contribution in [3.63, 3.8) is 0 Å². The van der Waals surface area contributed by atoms with Crippen LogP contribution in [0.15, 0.2) is 114 Å². The topological polar surface area (TPSA) is 15.3 Å². The molecule has 0 radical (unpaired) electrons. The molecule has 0 aliphatic carbocycles. The number of rotatable bonds is 7. The number of benzene rings is 1. The zero-order valence-electron chi connectivity index (χ0n) is 16.0. The van der Waals surface area contributed by atoms with E-state index in [1.165, 1.54) is 16.7 Å². The fraction of sp³-hybridized carbons (Fsp3) is 0.167. The van der Waals surface area contributed by atoms with E-state index in [1.807, 2.05) is 25.4 Å². The van der Waals surface area contributed by atoms with Gasteiger partial charge in [0.15, 0.2) is 0 Å². The molecule has 26 heavy (non-hydrogen) atoms. The molecule has 1 aromatic carbocycles. The van der Waals surface area contributed by atoms with Gasteiger partial charge in [0.1, 0.15) is 0 Å². The molecule has 1 N–H and O–H groups in total. The van der Waals surface area contributed by atoms with E-state index in [9.17, 15) is 0 Å². The van der Waals surface area contributed by atoms with Crippen LogP contribution in [0.3, 0.4) is 0 Å². The van der Waals surface area contributed by atoms with Crippen molar-refractivity contribution in [3.8, 4) is 0 Å². The van der Waals surface area contributed by atoms with E-state index < -0.39 is 0 Å². The Kier molecular flexibility index (Phi) is 6.62. The first kappa shape index (κ1) is 19.3. The highest BCUT2D eigenvalue weighted by Gasteiger charge is 2.21. The van der Waals surface area contributed by atoms with Crippen molar-refractivity contribution in [2.24, 2.45) is 0 Å². The molecule has 0 unspecified atom stereocenters. The normalized spacial score (nSPS) is 15.7. The van der Waals surface area contributed by atoms with Crippen molar-refractivity contribution < 1.29 is 0 Å². The maximum atomic E-state index is 4.17. The fourth-order valence-electron chi connectivity index (χ4n) is 3.15. The summed E-state index contributed by atoms with van der Waals surface area (Å²) in [6.07, 6.45) is 10.8. The molecule has 1 aromatic rings. The second-order valence-electron chi connectivity index (χ2n) is 6.25. The highest BCUT2D eigenvalue weighted by Crippen LogP contribution is 2.36. The summed E-state index contributed by atoms with van der Waals surface area (Å²) in [7, 11) is 2.03. The van der Waals surface area contributed by atoms with Crippen LogP contribution in [0, 0.1) is 0 Å². The molecule has 1 aliphatic heterocycles. The van der Waals surface area contributed by atoms with Crippen molar-refractivity contribution in [1.29, 1.82) is 0 Å². The van der Waals surface area contributed by atoms with Gasteiger partial charge in [-0.1, -0.05) is 62.2 Å². The lowest BCUT2D eigenvalue weighted by atomic mass is 9.85. The molecule has 0 atom stereocenters. The Hall–Kier alpha value is -3.00. The molecule has 1 heterocycles. The third-order valence-corrected chi connectivity index (χ3v) is 4.62. The number of allylic oxidation sites excluding steroid dienone is 7. The van der Waals surface area contributed by atoms with Crippen molar-refractivity contribution in [2.75, 3.05) is 7.05 Å². The van der Waals surface area contributed by atoms with Gasteiger partial charge in [-0.2, -0.15) is 0 Å². The first-order valence-electron chi connectivity index (χ1n) is 8.78. The van der Waals surface area contributed by atoms with Gasteiger partial charge in [0.25, 0.3) is 0 Å². The quantitative estimate of drug-likeness (QED) is 0.644. The standard InChI is InChI=1S/C24H28N2/c1-7-22-18(4)19(5)26(6)17-24(22)23(8-2)21(16-25-9-3)15-20-13-11-10-12-14-20/h7-14,16-17,25H,1,3,5,15H2,2,4,6H3/b21-16-,23-8+. The van der Waals surface area contributed by atoms with Crippen molar-refractivity contribution >= 4 is 0 Å². The Balaban J connectivity index is 2.51. The molecule has 0 bridgehead atoms. The second-order valence-corrected chi connectivity index (χ2v) is 6.25. The van der Waals surface area contributed by atoms with Crippen LogP contribution >= 0.6 is 0 Å². The van der Waals surface area contributed by atoms with E-state index in [-0.39, 0.29) is 0 Å².